The number of aromatic hydroxyl groups is 1. The third-order valence-corrected chi connectivity index (χ3v) is 5.26. The van der Waals surface area contributed by atoms with Gasteiger partial charge in [-0.2, -0.15) is 0 Å². The van der Waals surface area contributed by atoms with Crippen molar-refractivity contribution in [2.45, 2.75) is 26.3 Å². The molecule has 33 heavy (non-hydrogen) atoms. The monoisotopic (exact) mass is 455 g/mol. The molecular weight excluding hydrogens is 435 g/mol. The van der Waals surface area contributed by atoms with Crippen LogP contribution in [0.5, 0.6) is 11.6 Å². The van der Waals surface area contributed by atoms with Gasteiger partial charge >= 0.3 is 12.1 Å². The quantitative estimate of drug-likeness (QED) is 0.462. The van der Waals surface area contributed by atoms with Crippen LogP contribution in [0.25, 0.3) is 5.69 Å². The summed E-state index contributed by atoms with van der Waals surface area (Å²) in [6.07, 6.45) is -0.799. The number of alkyl halides is 3. The third kappa shape index (κ3) is 4.92. The second-order valence-electron chi connectivity index (χ2n) is 7.46. The Hall–Kier alpha value is -4.01. The number of benzene rings is 2. The minimum Gasteiger partial charge on any atom is -0.493 e. The molecule has 0 aliphatic rings. The van der Waals surface area contributed by atoms with Crippen LogP contribution in [0, 0.1) is 6.92 Å². The Morgan fingerprint density at radius 1 is 1.00 bits per heavy atom. The van der Waals surface area contributed by atoms with Crippen molar-refractivity contribution in [2.24, 2.45) is 0 Å². The predicted octanol–water partition coefficient (Wildman–Crippen LogP) is 4.59. The molecule has 6 nitrogen and oxygen atoms in total. The van der Waals surface area contributed by atoms with Gasteiger partial charge in [-0.05, 0) is 60.4 Å². The molecule has 9 heteroatoms. The maximum absolute atomic E-state index is 13.1. The number of pyridine rings is 1. The molecular formula is C24H20F3N3O3. The van der Waals surface area contributed by atoms with Gasteiger partial charge in [0.25, 0.3) is 0 Å². The molecule has 0 unspecified atom stereocenters. The number of aromatic nitrogens is 3. The van der Waals surface area contributed by atoms with Crippen LogP contribution in [0.4, 0.5) is 13.2 Å². The van der Waals surface area contributed by atoms with E-state index in [4.69, 9.17) is 0 Å². The van der Waals surface area contributed by atoms with Gasteiger partial charge in [0.1, 0.15) is 5.75 Å². The lowest BCUT2D eigenvalue weighted by Crippen LogP contribution is -2.24. The van der Waals surface area contributed by atoms with Gasteiger partial charge in [-0.15, -0.1) is 13.2 Å². The zero-order valence-electron chi connectivity index (χ0n) is 17.6. The van der Waals surface area contributed by atoms with E-state index in [1.54, 1.807) is 19.3 Å². The first-order valence-corrected chi connectivity index (χ1v) is 10.1. The van der Waals surface area contributed by atoms with Gasteiger partial charge in [0.05, 0.1) is 17.9 Å². The standard InChI is InChI=1S/C24H20F3N3O3/c1-16-22(31)30(20-7-9-21(10-8-20)33-24(25,26)27)23(32)29(16)15-18-11-12-28-14-19(18)13-17-5-3-2-4-6-17/h2-12,14,31H,13,15H2,1H3. The molecule has 0 atom stereocenters. The van der Waals surface area contributed by atoms with Crippen molar-refractivity contribution in [1.82, 2.24) is 14.1 Å². The Bertz CT molecular complexity index is 1310. The Kier molecular flexibility index (Phi) is 5.95. The van der Waals surface area contributed by atoms with Gasteiger partial charge in [0.15, 0.2) is 0 Å². The van der Waals surface area contributed by atoms with Gasteiger partial charge in [-0.1, -0.05) is 30.3 Å². The Balaban J connectivity index is 1.66. The van der Waals surface area contributed by atoms with E-state index in [0.717, 1.165) is 33.4 Å². The molecule has 1 N–H and O–H groups in total. The molecule has 0 amide bonds. The lowest BCUT2D eigenvalue weighted by molar-refractivity contribution is -0.274. The van der Waals surface area contributed by atoms with Crippen molar-refractivity contribution in [3.8, 4) is 17.3 Å². The third-order valence-electron chi connectivity index (χ3n) is 5.26. The second kappa shape index (κ2) is 8.85. The van der Waals surface area contributed by atoms with Gasteiger partial charge in [0.2, 0.25) is 5.88 Å². The van der Waals surface area contributed by atoms with Crippen molar-refractivity contribution in [2.75, 3.05) is 0 Å². The summed E-state index contributed by atoms with van der Waals surface area (Å²) < 4.78 is 43.5. The van der Waals surface area contributed by atoms with E-state index in [1.165, 1.54) is 16.7 Å². The van der Waals surface area contributed by atoms with Crippen LogP contribution < -0.4 is 10.4 Å². The molecule has 2 aromatic carbocycles. The van der Waals surface area contributed by atoms with Crippen LogP contribution in [-0.2, 0) is 13.0 Å². The highest BCUT2D eigenvalue weighted by Gasteiger charge is 2.31. The van der Waals surface area contributed by atoms with E-state index in [-0.39, 0.29) is 18.1 Å². The molecule has 170 valence electrons. The molecule has 0 aliphatic carbocycles. The first-order valence-electron chi connectivity index (χ1n) is 10.1. The fourth-order valence-corrected chi connectivity index (χ4v) is 3.61. The molecule has 0 bridgehead atoms. The molecule has 0 saturated heterocycles. The van der Waals surface area contributed by atoms with E-state index in [2.05, 4.69) is 9.72 Å². The van der Waals surface area contributed by atoms with Gasteiger partial charge < -0.3 is 9.84 Å². The molecule has 2 heterocycles. The second-order valence-corrected chi connectivity index (χ2v) is 7.46. The van der Waals surface area contributed by atoms with Crippen molar-refractivity contribution in [1.29, 1.82) is 0 Å². The highest BCUT2D eigenvalue weighted by molar-refractivity contribution is 5.42. The van der Waals surface area contributed by atoms with Crippen LogP contribution in [0.2, 0.25) is 0 Å². The highest BCUT2D eigenvalue weighted by Crippen LogP contribution is 2.26. The fourth-order valence-electron chi connectivity index (χ4n) is 3.61. The first-order chi connectivity index (χ1) is 15.7. The lowest BCUT2D eigenvalue weighted by atomic mass is 10.0. The first kappa shape index (κ1) is 22.2. The smallest absolute Gasteiger partial charge is 0.493 e. The minimum absolute atomic E-state index is 0.200. The molecule has 0 radical (unpaired) electrons. The number of imidazole rings is 1. The van der Waals surface area contributed by atoms with Crippen molar-refractivity contribution in [3.05, 3.63) is 106 Å². The van der Waals surface area contributed by atoms with Gasteiger partial charge in [-0.3, -0.25) is 9.55 Å². The molecule has 2 aromatic heterocycles. The van der Waals surface area contributed by atoms with Crippen LogP contribution in [0.15, 0.2) is 77.9 Å². The molecule has 4 aromatic rings. The predicted molar refractivity (Wildman–Crippen MR) is 116 cm³/mol. The number of hydrogen-bond acceptors (Lipinski definition) is 4. The molecule has 0 spiro atoms. The van der Waals surface area contributed by atoms with Crippen LogP contribution in [-0.4, -0.2) is 25.6 Å². The topological polar surface area (TPSA) is 69.3 Å². The normalized spacial score (nSPS) is 11.5. The molecule has 4 rings (SSSR count). The maximum atomic E-state index is 13.1. The van der Waals surface area contributed by atoms with Crippen molar-refractivity contribution >= 4 is 0 Å². The summed E-state index contributed by atoms with van der Waals surface area (Å²) in [5.74, 6) is -0.708. The van der Waals surface area contributed by atoms with E-state index in [1.807, 2.05) is 36.4 Å². The minimum atomic E-state index is -4.82. The summed E-state index contributed by atoms with van der Waals surface area (Å²) in [5.41, 5.74) is 2.93. The van der Waals surface area contributed by atoms with Gasteiger partial charge in [0, 0.05) is 12.4 Å². The summed E-state index contributed by atoms with van der Waals surface area (Å²) in [7, 11) is 0. The zero-order chi connectivity index (χ0) is 23.6. The summed E-state index contributed by atoms with van der Waals surface area (Å²) in [4.78, 5) is 17.3. The molecule has 0 fully saturated rings. The summed E-state index contributed by atoms with van der Waals surface area (Å²) in [5, 5.41) is 10.6. The Morgan fingerprint density at radius 2 is 1.70 bits per heavy atom. The fraction of sp³-hybridized carbons (Fsp3) is 0.167. The maximum Gasteiger partial charge on any atom is 0.573 e. The Labute approximate surface area is 187 Å². The number of hydrogen-bond donors (Lipinski definition) is 1. The molecule has 0 saturated carbocycles. The number of nitrogens with zero attached hydrogens (tertiary/aromatic N) is 3. The van der Waals surface area contributed by atoms with Crippen LogP contribution in [0.3, 0.4) is 0 Å². The van der Waals surface area contributed by atoms with Crippen molar-refractivity contribution < 1.29 is 23.0 Å². The number of ether oxygens (including phenoxy) is 1. The van der Waals surface area contributed by atoms with E-state index in [0.29, 0.717) is 12.1 Å². The zero-order valence-corrected chi connectivity index (χ0v) is 17.6. The van der Waals surface area contributed by atoms with E-state index in [9.17, 15) is 23.1 Å². The lowest BCUT2D eigenvalue weighted by Gasteiger charge is -2.10. The molecule has 0 aliphatic heterocycles. The summed E-state index contributed by atoms with van der Waals surface area (Å²) in [6.45, 7) is 1.80. The largest absolute Gasteiger partial charge is 0.573 e. The van der Waals surface area contributed by atoms with Crippen LogP contribution >= 0.6 is 0 Å². The Morgan fingerprint density at radius 3 is 2.36 bits per heavy atom. The highest BCUT2D eigenvalue weighted by atomic mass is 19.4. The van der Waals surface area contributed by atoms with E-state index >= 15 is 0 Å². The average Bonchev–Trinajstić information content (AvgIpc) is 2.98. The van der Waals surface area contributed by atoms with Crippen molar-refractivity contribution in [3.63, 3.8) is 0 Å². The summed E-state index contributed by atoms with van der Waals surface area (Å²) >= 11 is 0. The number of rotatable bonds is 6. The summed E-state index contributed by atoms with van der Waals surface area (Å²) in [6, 6.07) is 16.4. The van der Waals surface area contributed by atoms with E-state index < -0.39 is 17.8 Å². The van der Waals surface area contributed by atoms with Gasteiger partial charge in [-0.25, -0.2) is 9.36 Å². The average molecular weight is 455 g/mol. The number of halogens is 3. The SMILES string of the molecule is Cc1c(O)n(-c2ccc(OC(F)(F)F)cc2)c(=O)n1Cc1ccncc1Cc1ccccc1. The van der Waals surface area contributed by atoms with Crippen LogP contribution in [0.1, 0.15) is 22.4 Å².